The van der Waals surface area contributed by atoms with Crippen molar-refractivity contribution in [3.8, 4) is 11.3 Å². The summed E-state index contributed by atoms with van der Waals surface area (Å²) in [6.07, 6.45) is 5.82. The number of esters is 1. The molecule has 0 radical (unpaired) electrons. The van der Waals surface area contributed by atoms with E-state index in [1.54, 1.807) is 13.2 Å². The Balaban J connectivity index is 1.92. The summed E-state index contributed by atoms with van der Waals surface area (Å²) in [5, 5.41) is 4.04. The molecule has 1 aromatic carbocycles. The Bertz CT molecular complexity index is 973. The van der Waals surface area contributed by atoms with E-state index in [1.165, 1.54) is 12.8 Å². The number of para-hydroxylation sites is 1. The highest BCUT2D eigenvalue weighted by Crippen LogP contribution is 2.41. The van der Waals surface area contributed by atoms with Crippen LogP contribution in [0.2, 0.25) is 0 Å². The third-order valence-corrected chi connectivity index (χ3v) is 4.51. The molecule has 6 heteroatoms. The normalized spacial score (nSPS) is 14.0. The summed E-state index contributed by atoms with van der Waals surface area (Å²) in [6.45, 7) is 3.67. The maximum atomic E-state index is 12.6. The predicted molar refractivity (Wildman–Crippen MR) is 101 cm³/mol. The molecule has 3 aromatic rings. The second kappa shape index (κ2) is 6.44. The molecule has 1 saturated carbocycles. The average Bonchev–Trinajstić information content (AvgIpc) is 3.41. The standard InChI is InChI=1S/C20H22N4O2/c1-12(2)26-19(25)15-10-22-20(21-3)23-18(15)16-11-24(13-8-9-13)17-7-5-4-6-14(16)17/h4-7,10-13H,8-9H2,1-3H3,(H,21,22,23). The summed E-state index contributed by atoms with van der Waals surface area (Å²) in [4.78, 5) is 21.4. The lowest BCUT2D eigenvalue weighted by Gasteiger charge is -2.11. The van der Waals surface area contributed by atoms with E-state index in [4.69, 9.17) is 4.74 Å². The van der Waals surface area contributed by atoms with Crippen molar-refractivity contribution in [2.45, 2.75) is 38.8 Å². The number of hydrogen-bond acceptors (Lipinski definition) is 5. The minimum atomic E-state index is -0.402. The number of nitrogens with zero attached hydrogens (tertiary/aromatic N) is 3. The van der Waals surface area contributed by atoms with Crippen LogP contribution in [0.15, 0.2) is 36.7 Å². The number of nitrogens with one attached hydrogen (secondary N) is 1. The summed E-state index contributed by atoms with van der Waals surface area (Å²) >= 11 is 0. The first-order chi connectivity index (χ1) is 12.6. The van der Waals surface area contributed by atoms with Crippen LogP contribution < -0.4 is 5.32 Å². The third-order valence-electron chi connectivity index (χ3n) is 4.51. The first-order valence-electron chi connectivity index (χ1n) is 8.94. The van der Waals surface area contributed by atoms with Gasteiger partial charge >= 0.3 is 5.97 Å². The van der Waals surface area contributed by atoms with Crippen molar-refractivity contribution < 1.29 is 9.53 Å². The van der Waals surface area contributed by atoms with E-state index < -0.39 is 5.97 Å². The largest absolute Gasteiger partial charge is 0.459 e. The van der Waals surface area contributed by atoms with Crippen molar-refractivity contribution in [3.05, 3.63) is 42.2 Å². The van der Waals surface area contributed by atoms with Gasteiger partial charge in [-0.15, -0.1) is 0 Å². The summed E-state index contributed by atoms with van der Waals surface area (Å²) in [5.41, 5.74) is 3.09. The number of anilines is 1. The molecule has 0 atom stereocenters. The van der Waals surface area contributed by atoms with Crippen LogP contribution in [-0.2, 0) is 4.74 Å². The monoisotopic (exact) mass is 350 g/mol. The second-order valence-corrected chi connectivity index (χ2v) is 6.86. The highest BCUT2D eigenvalue weighted by atomic mass is 16.5. The molecule has 1 aliphatic rings. The van der Waals surface area contributed by atoms with Gasteiger partial charge in [-0.1, -0.05) is 18.2 Å². The Morgan fingerprint density at radius 2 is 2.08 bits per heavy atom. The summed E-state index contributed by atoms with van der Waals surface area (Å²) < 4.78 is 7.70. The van der Waals surface area contributed by atoms with E-state index in [9.17, 15) is 4.79 Å². The molecule has 6 nitrogen and oxygen atoms in total. The molecule has 134 valence electrons. The van der Waals surface area contributed by atoms with Gasteiger partial charge in [0, 0.05) is 41.9 Å². The smallest absolute Gasteiger partial charge is 0.342 e. The van der Waals surface area contributed by atoms with Gasteiger partial charge in [0.2, 0.25) is 5.95 Å². The van der Waals surface area contributed by atoms with Gasteiger partial charge < -0.3 is 14.6 Å². The molecule has 1 N–H and O–H groups in total. The molecule has 0 bridgehead atoms. The Morgan fingerprint density at radius 3 is 2.77 bits per heavy atom. The van der Waals surface area contributed by atoms with Gasteiger partial charge in [-0.2, -0.15) is 0 Å². The number of hydrogen-bond donors (Lipinski definition) is 1. The molecule has 1 fully saturated rings. The number of carbonyl (C=O) groups is 1. The van der Waals surface area contributed by atoms with Gasteiger partial charge in [-0.3, -0.25) is 0 Å². The number of ether oxygens (including phenoxy) is 1. The minimum absolute atomic E-state index is 0.202. The van der Waals surface area contributed by atoms with Crippen molar-refractivity contribution in [1.82, 2.24) is 14.5 Å². The zero-order valence-electron chi connectivity index (χ0n) is 15.2. The van der Waals surface area contributed by atoms with Crippen LogP contribution >= 0.6 is 0 Å². The first kappa shape index (κ1) is 16.6. The van der Waals surface area contributed by atoms with Crippen LogP contribution in [0.25, 0.3) is 22.2 Å². The molecule has 4 rings (SSSR count). The third kappa shape index (κ3) is 2.92. The Hall–Kier alpha value is -2.89. The van der Waals surface area contributed by atoms with Gasteiger partial charge in [-0.25, -0.2) is 14.8 Å². The Morgan fingerprint density at radius 1 is 1.31 bits per heavy atom. The zero-order valence-corrected chi connectivity index (χ0v) is 15.2. The molecular weight excluding hydrogens is 328 g/mol. The van der Waals surface area contributed by atoms with Gasteiger partial charge in [0.15, 0.2) is 0 Å². The lowest BCUT2D eigenvalue weighted by atomic mass is 10.1. The predicted octanol–water partition coefficient (Wildman–Crippen LogP) is 4.04. The van der Waals surface area contributed by atoms with Gasteiger partial charge in [0.25, 0.3) is 0 Å². The van der Waals surface area contributed by atoms with E-state index >= 15 is 0 Å². The van der Waals surface area contributed by atoms with Gasteiger partial charge in [-0.05, 0) is 32.8 Å². The van der Waals surface area contributed by atoms with Crippen LogP contribution in [0.4, 0.5) is 5.95 Å². The van der Waals surface area contributed by atoms with Gasteiger partial charge in [0.05, 0.1) is 11.8 Å². The summed E-state index contributed by atoms with van der Waals surface area (Å²) in [5.74, 6) is 0.0743. The molecule has 0 amide bonds. The average molecular weight is 350 g/mol. The van der Waals surface area contributed by atoms with Crippen LogP contribution in [0.3, 0.4) is 0 Å². The highest BCUT2D eigenvalue weighted by molar-refractivity contribution is 6.03. The molecule has 1 aliphatic carbocycles. The topological polar surface area (TPSA) is 69.0 Å². The maximum absolute atomic E-state index is 12.6. The van der Waals surface area contributed by atoms with Crippen molar-refractivity contribution in [3.63, 3.8) is 0 Å². The zero-order chi connectivity index (χ0) is 18.3. The van der Waals surface area contributed by atoms with E-state index in [1.807, 2.05) is 26.0 Å². The number of carbonyl (C=O) groups excluding carboxylic acids is 1. The number of rotatable bonds is 5. The fourth-order valence-corrected chi connectivity index (χ4v) is 3.18. The first-order valence-corrected chi connectivity index (χ1v) is 8.94. The minimum Gasteiger partial charge on any atom is -0.459 e. The Kier molecular flexibility index (Phi) is 4.11. The molecule has 2 aromatic heterocycles. The van der Waals surface area contributed by atoms with E-state index in [-0.39, 0.29) is 6.10 Å². The highest BCUT2D eigenvalue weighted by Gasteiger charge is 2.28. The van der Waals surface area contributed by atoms with Crippen molar-refractivity contribution in [2.75, 3.05) is 12.4 Å². The lowest BCUT2D eigenvalue weighted by Crippen LogP contribution is -2.14. The SMILES string of the molecule is CNc1ncc(C(=O)OC(C)C)c(-c2cn(C3CC3)c3ccccc23)n1. The van der Waals surface area contributed by atoms with Crippen molar-refractivity contribution >= 4 is 22.8 Å². The number of benzene rings is 1. The molecule has 0 aliphatic heterocycles. The molecule has 26 heavy (non-hydrogen) atoms. The van der Waals surface area contributed by atoms with Crippen LogP contribution in [0.5, 0.6) is 0 Å². The maximum Gasteiger partial charge on any atom is 0.342 e. The summed E-state index contributed by atoms with van der Waals surface area (Å²) in [6, 6.07) is 8.77. The van der Waals surface area contributed by atoms with Crippen molar-refractivity contribution in [2.24, 2.45) is 0 Å². The van der Waals surface area contributed by atoms with Crippen LogP contribution in [0, 0.1) is 0 Å². The number of fused-ring (bicyclic) bond motifs is 1. The van der Waals surface area contributed by atoms with Crippen LogP contribution in [0.1, 0.15) is 43.1 Å². The van der Waals surface area contributed by atoms with Crippen LogP contribution in [-0.4, -0.2) is 33.7 Å². The fourth-order valence-electron chi connectivity index (χ4n) is 3.18. The molecule has 0 unspecified atom stereocenters. The van der Waals surface area contributed by atoms with E-state index in [0.717, 1.165) is 16.5 Å². The van der Waals surface area contributed by atoms with E-state index in [0.29, 0.717) is 23.2 Å². The fraction of sp³-hybridized carbons (Fsp3) is 0.350. The quantitative estimate of drug-likeness (QED) is 0.703. The van der Waals surface area contributed by atoms with E-state index in [2.05, 4.69) is 38.2 Å². The molecule has 2 heterocycles. The molecule has 0 saturated heterocycles. The Labute approximate surface area is 152 Å². The van der Waals surface area contributed by atoms with Crippen molar-refractivity contribution in [1.29, 1.82) is 0 Å². The number of aromatic nitrogens is 3. The van der Waals surface area contributed by atoms with Gasteiger partial charge in [0.1, 0.15) is 5.56 Å². The summed E-state index contributed by atoms with van der Waals surface area (Å²) in [7, 11) is 1.76. The lowest BCUT2D eigenvalue weighted by molar-refractivity contribution is 0.0378. The molecular formula is C20H22N4O2. The second-order valence-electron chi connectivity index (χ2n) is 6.86. The molecule has 0 spiro atoms.